The molecule has 2 aromatic rings. The van der Waals surface area contributed by atoms with E-state index in [-0.39, 0.29) is 10.3 Å². The molecule has 0 N–H and O–H groups in total. The lowest BCUT2D eigenvalue weighted by Crippen LogP contribution is -2.05. The van der Waals surface area contributed by atoms with Crippen LogP contribution < -0.4 is 0 Å². The summed E-state index contributed by atoms with van der Waals surface area (Å²) in [7, 11) is 0. The smallest absolute Gasteiger partial charge is 0.226 e. The minimum atomic E-state index is -4.47. The fourth-order valence-electron chi connectivity index (χ4n) is 1.40. The standard InChI is InChI=1S/C11H5Cl2F3N2/c12-8-5-6(1-2-7(8)11(14,15)16)9-3-4-17-10(13)18-9/h1-5H. The summed E-state index contributed by atoms with van der Waals surface area (Å²) < 4.78 is 37.5. The zero-order valence-electron chi connectivity index (χ0n) is 8.67. The van der Waals surface area contributed by atoms with Gasteiger partial charge in [0, 0.05) is 11.8 Å². The maximum Gasteiger partial charge on any atom is 0.417 e. The van der Waals surface area contributed by atoms with Crippen molar-refractivity contribution in [3.63, 3.8) is 0 Å². The minimum Gasteiger partial charge on any atom is -0.226 e. The van der Waals surface area contributed by atoms with E-state index in [1.807, 2.05) is 0 Å². The third-order valence-corrected chi connectivity index (χ3v) is 2.69. The van der Waals surface area contributed by atoms with Gasteiger partial charge >= 0.3 is 6.18 Å². The van der Waals surface area contributed by atoms with Crippen molar-refractivity contribution in [1.29, 1.82) is 0 Å². The first-order chi connectivity index (χ1) is 8.38. The van der Waals surface area contributed by atoms with Crippen LogP contribution in [0, 0.1) is 0 Å². The Hall–Kier alpha value is -1.33. The Morgan fingerprint density at radius 2 is 1.78 bits per heavy atom. The van der Waals surface area contributed by atoms with Crippen molar-refractivity contribution in [2.45, 2.75) is 6.18 Å². The van der Waals surface area contributed by atoms with E-state index in [1.54, 1.807) is 0 Å². The van der Waals surface area contributed by atoms with Gasteiger partial charge in [-0.3, -0.25) is 0 Å². The molecular weight excluding hydrogens is 288 g/mol. The Labute approximate surface area is 110 Å². The molecule has 0 saturated carbocycles. The topological polar surface area (TPSA) is 25.8 Å². The first kappa shape index (κ1) is 13.1. The molecule has 0 unspecified atom stereocenters. The number of benzene rings is 1. The van der Waals surface area contributed by atoms with Gasteiger partial charge < -0.3 is 0 Å². The number of hydrogen-bond donors (Lipinski definition) is 0. The monoisotopic (exact) mass is 292 g/mol. The summed E-state index contributed by atoms with van der Waals surface area (Å²) in [6, 6.07) is 4.93. The van der Waals surface area contributed by atoms with Crippen molar-refractivity contribution in [1.82, 2.24) is 9.97 Å². The highest BCUT2D eigenvalue weighted by Crippen LogP contribution is 2.36. The molecule has 0 fully saturated rings. The summed E-state index contributed by atoms with van der Waals surface area (Å²) in [6.45, 7) is 0. The van der Waals surface area contributed by atoms with Crippen molar-refractivity contribution in [2.24, 2.45) is 0 Å². The summed E-state index contributed by atoms with van der Waals surface area (Å²) in [5.74, 6) is 0. The summed E-state index contributed by atoms with van der Waals surface area (Å²) in [5, 5.41) is -0.363. The Balaban J connectivity index is 2.47. The van der Waals surface area contributed by atoms with Gasteiger partial charge in [-0.15, -0.1) is 0 Å². The Kier molecular flexibility index (Phi) is 3.45. The summed E-state index contributed by atoms with van der Waals surface area (Å²) >= 11 is 11.2. The highest BCUT2D eigenvalue weighted by Gasteiger charge is 2.33. The SMILES string of the molecule is FC(F)(F)c1ccc(-c2ccnc(Cl)n2)cc1Cl. The molecule has 2 rings (SSSR count). The zero-order chi connectivity index (χ0) is 13.3. The van der Waals surface area contributed by atoms with E-state index >= 15 is 0 Å². The molecular formula is C11H5Cl2F3N2. The van der Waals surface area contributed by atoms with Crippen LogP contribution in [-0.4, -0.2) is 9.97 Å². The zero-order valence-corrected chi connectivity index (χ0v) is 10.2. The van der Waals surface area contributed by atoms with E-state index in [0.29, 0.717) is 11.3 Å². The third kappa shape index (κ3) is 2.73. The normalized spacial score (nSPS) is 11.6. The van der Waals surface area contributed by atoms with E-state index in [0.717, 1.165) is 6.07 Å². The van der Waals surface area contributed by atoms with Crippen molar-refractivity contribution in [3.05, 3.63) is 46.3 Å². The lowest BCUT2D eigenvalue weighted by molar-refractivity contribution is -0.137. The average molecular weight is 293 g/mol. The van der Waals surface area contributed by atoms with E-state index in [1.165, 1.54) is 24.4 Å². The van der Waals surface area contributed by atoms with Gasteiger partial charge in [-0.1, -0.05) is 17.7 Å². The van der Waals surface area contributed by atoms with Gasteiger partial charge in [0.25, 0.3) is 0 Å². The molecule has 1 heterocycles. The number of alkyl halides is 3. The molecule has 0 spiro atoms. The van der Waals surface area contributed by atoms with Crippen molar-refractivity contribution in [2.75, 3.05) is 0 Å². The predicted molar refractivity (Wildman–Crippen MR) is 62.5 cm³/mol. The quantitative estimate of drug-likeness (QED) is 0.725. The molecule has 1 aromatic carbocycles. The van der Waals surface area contributed by atoms with Crippen LogP contribution in [-0.2, 0) is 6.18 Å². The fourth-order valence-corrected chi connectivity index (χ4v) is 1.84. The largest absolute Gasteiger partial charge is 0.417 e. The van der Waals surface area contributed by atoms with E-state index in [9.17, 15) is 13.2 Å². The van der Waals surface area contributed by atoms with E-state index in [2.05, 4.69) is 9.97 Å². The van der Waals surface area contributed by atoms with Crippen LogP contribution in [0.15, 0.2) is 30.5 Å². The molecule has 94 valence electrons. The van der Waals surface area contributed by atoms with Crippen molar-refractivity contribution in [3.8, 4) is 11.3 Å². The van der Waals surface area contributed by atoms with Crippen LogP contribution in [0.4, 0.5) is 13.2 Å². The molecule has 0 aliphatic heterocycles. The average Bonchev–Trinajstić information content (AvgIpc) is 2.27. The molecule has 7 heteroatoms. The second-order valence-electron chi connectivity index (χ2n) is 3.40. The Bertz CT molecular complexity index is 585. The molecule has 18 heavy (non-hydrogen) atoms. The number of aromatic nitrogens is 2. The number of nitrogens with zero attached hydrogens (tertiary/aromatic N) is 2. The van der Waals surface area contributed by atoms with Gasteiger partial charge in [-0.05, 0) is 29.8 Å². The van der Waals surface area contributed by atoms with Crippen LogP contribution in [0.25, 0.3) is 11.3 Å². The maximum absolute atomic E-state index is 12.5. The van der Waals surface area contributed by atoms with Crippen LogP contribution in [0.5, 0.6) is 0 Å². The predicted octanol–water partition coefficient (Wildman–Crippen LogP) is 4.47. The van der Waals surface area contributed by atoms with Gasteiger partial charge in [0.15, 0.2) is 0 Å². The maximum atomic E-state index is 12.5. The Morgan fingerprint density at radius 1 is 1.06 bits per heavy atom. The van der Waals surface area contributed by atoms with Gasteiger partial charge in [0.1, 0.15) is 0 Å². The van der Waals surface area contributed by atoms with Gasteiger partial charge in [0.2, 0.25) is 5.28 Å². The second-order valence-corrected chi connectivity index (χ2v) is 4.15. The van der Waals surface area contributed by atoms with Crippen LogP contribution in [0.3, 0.4) is 0 Å². The molecule has 0 aliphatic carbocycles. The summed E-state index contributed by atoms with van der Waals surface area (Å²) in [5.41, 5.74) is -0.0315. The van der Waals surface area contributed by atoms with Crippen LogP contribution in [0.1, 0.15) is 5.56 Å². The molecule has 0 amide bonds. The highest BCUT2D eigenvalue weighted by atomic mass is 35.5. The molecule has 0 atom stereocenters. The minimum absolute atomic E-state index is 0.0171. The highest BCUT2D eigenvalue weighted by molar-refractivity contribution is 6.31. The second kappa shape index (κ2) is 4.74. The fraction of sp³-hybridized carbons (Fsp3) is 0.0909. The lowest BCUT2D eigenvalue weighted by atomic mass is 10.1. The molecule has 2 nitrogen and oxygen atoms in total. The van der Waals surface area contributed by atoms with Crippen molar-refractivity contribution >= 4 is 23.2 Å². The third-order valence-electron chi connectivity index (χ3n) is 2.20. The first-order valence-electron chi connectivity index (χ1n) is 4.73. The van der Waals surface area contributed by atoms with Crippen LogP contribution >= 0.6 is 23.2 Å². The number of halogens is 5. The first-order valence-corrected chi connectivity index (χ1v) is 5.49. The Morgan fingerprint density at radius 3 is 2.33 bits per heavy atom. The summed E-state index contributed by atoms with van der Waals surface area (Å²) in [4.78, 5) is 7.58. The van der Waals surface area contributed by atoms with Gasteiger partial charge in [0.05, 0.1) is 16.3 Å². The van der Waals surface area contributed by atoms with Gasteiger partial charge in [-0.2, -0.15) is 13.2 Å². The molecule has 0 saturated heterocycles. The van der Waals surface area contributed by atoms with E-state index < -0.39 is 11.7 Å². The molecule has 1 aromatic heterocycles. The molecule has 0 aliphatic rings. The summed E-state index contributed by atoms with van der Waals surface area (Å²) in [6.07, 6.45) is -3.06. The lowest BCUT2D eigenvalue weighted by Gasteiger charge is -2.10. The van der Waals surface area contributed by atoms with E-state index in [4.69, 9.17) is 23.2 Å². The van der Waals surface area contributed by atoms with Crippen LogP contribution in [0.2, 0.25) is 10.3 Å². The molecule has 0 radical (unpaired) electrons. The number of hydrogen-bond acceptors (Lipinski definition) is 2. The molecule has 0 bridgehead atoms. The van der Waals surface area contributed by atoms with Crippen molar-refractivity contribution < 1.29 is 13.2 Å². The van der Waals surface area contributed by atoms with Gasteiger partial charge in [-0.25, -0.2) is 9.97 Å². The number of rotatable bonds is 1.